The Labute approximate surface area is 150 Å². The van der Waals surface area contributed by atoms with Gasteiger partial charge in [0.15, 0.2) is 5.12 Å². The molecule has 0 bridgehead atoms. The predicted molar refractivity (Wildman–Crippen MR) is 107 cm³/mol. The van der Waals surface area contributed by atoms with E-state index in [1.54, 1.807) is 0 Å². The van der Waals surface area contributed by atoms with Gasteiger partial charge in [-0.15, -0.1) is 0 Å². The monoisotopic (exact) mass is 340 g/mol. The van der Waals surface area contributed by atoms with E-state index in [0.717, 1.165) is 18.6 Å². The molecule has 0 fully saturated rings. The van der Waals surface area contributed by atoms with E-state index in [0.29, 0.717) is 10.5 Å². The maximum atomic E-state index is 11.8. The van der Waals surface area contributed by atoms with Crippen LogP contribution < -0.4 is 0 Å². The number of hydrogen-bond donors (Lipinski definition) is 0. The molecule has 23 heavy (non-hydrogen) atoms. The highest BCUT2D eigenvalue weighted by molar-refractivity contribution is 8.13. The van der Waals surface area contributed by atoms with Crippen molar-refractivity contribution >= 4 is 16.9 Å². The van der Waals surface area contributed by atoms with Crippen LogP contribution in [0.25, 0.3) is 0 Å². The Morgan fingerprint density at radius 3 is 2.22 bits per heavy atom. The van der Waals surface area contributed by atoms with Crippen molar-refractivity contribution in [1.29, 1.82) is 0 Å². The molecule has 0 unspecified atom stereocenters. The normalized spacial score (nSPS) is 12.2. The number of hydrogen-bond acceptors (Lipinski definition) is 2. The molecule has 0 aromatic carbocycles. The van der Waals surface area contributed by atoms with Gasteiger partial charge in [-0.2, -0.15) is 0 Å². The van der Waals surface area contributed by atoms with Crippen molar-refractivity contribution in [3.8, 4) is 0 Å². The molecule has 1 nitrogen and oxygen atoms in total. The molecule has 0 aliphatic rings. The van der Waals surface area contributed by atoms with E-state index < -0.39 is 0 Å². The van der Waals surface area contributed by atoms with Crippen molar-refractivity contribution in [3.63, 3.8) is 0 Å². The summed E-state index contributed by atoms with van der Waals surface area (Å²) in [5.74, 6) is 0.859. The van der Waals surface area contributed by atoms with Gasteiger partial charge in [0.25, 0.3) is 0 Å². The lowest BCUT2D eigenvalue weighted by Crippen LogP contribution is -2.03. The first-order valence-electron chi connectivity index (χ1n) is 9.76. The zero-order chi connectivity index (χ0) is 17.4. The molecule has 0 spiro atoms. The molecular weight excluding hydrogens is 300 g/mol. The molecule has 0 heterocycles. The number of carbonyl (C=O) groups excluding carboxylic acids is 1. The third-order valence-electron chi connectivity index (χ3n) is 4.04. The molecule has 0 aliphatic heterocycles. The number of carbonyl (C=O) groups is 1. The zero-order valence-corrected chi connectivity index (χ0v) is 17.0. The average molecular weight is 341 g/mol. The quantitative estimate of drug-likeness (QED) is 0.240. The summed E-state index contributed by atoms with van der Waals surface area (Å²) < 4.78 is 0. The first-order valence-corrected chi connectivity index (χ1v) is 10.7. The highest BCUT2D eigenvalue weighted by atomic mass is 32.2. The molecule has 2 heteroatoms. The lowest BCUT2D eigenvalue weighted by atomic mass is 9.89. The second-order valence-corrected chi connectivity index (χ2v) is 8.91. The summed E-state index contributed by atoms with van der Waals surface area (Å²) >= 11 is 1.49. The number of allylic oxidation sites excluding steroid dienone is 1. The molecule has 0 radical (unpaired) electrons. The largest absolute Gasteiger partial charge is 0.287 e. The number of rotatable bonds is 14. The Morgan fingerprint density at radius 1 is 0.870 bits per heavy atom. The van der Waals surface area contributed by atoms with E-state index in [9.17, 15) is 4.79 Å². The van der Waals surface area contributed by atoms with Crippen LogP contribution in [0.15, 0.2) is 12.2 Å². The van der Waals surface area contributed by atoms with E-state index in [-0.39, 0.29) is 0 Å². The van der Waals surface area contributed by atoms with Crippen LogP contribution in [0.5, 0.6) is 0 Å². The molecule has 0 N–H and O–H groups in total. The first-order chi connectivity index (χ1) is 11.0. The predicted octanol–water partition coefficient (Wildman–Crippen LogP) is 7.55. The standard InChI is InChI=1S/C21H40OS/c1-5-6-7-8-9-13-16-19-23-20(22)17-14-11-10-12-15-18-21(2,3)4/h13,16H,5-12,14-15,17-19H2,1-4H3/b16-13+. The third kappa shape index (κ3) is 19.7. The van der Waals surface area contributed by atoms with Gasteiger partial charge in [-0.3, -0.25) is 4.79 Å². The Bertz CT molecular complexity index is 301. The van der Waals surface area contributed by atoms with Crippen LogP contribution in [0.3, 0.4) is 0 Å². The van der Waals surface area contributed by atoms with E-state index >= 15 is 0 Å². The maximum Gasteiger partial charge on any atom is 0.189 e. The Morgan fingerprint density at radius 2 is 1.52 bits per heavy atom. The minimum absolute atomic E-state index is 0.371. The van der Waals surface area contributed by atoms with Crippen molar-refractivity contribution in [2.45, 2.75) is 105 Å². The van der Waals surface area contributed by atoms with Crippen LogP contribution in [0.2, 0.25) is 0 Å². The Hall–Kier alpha value is -0.240. The first kappa shape index (κ1) is 22.8. The van der Waals surface area contributed by atoms with E-state index in [2.05, 4.69) is 39.8 Å². The van der Waals surface area contributed by atoms with E-state index in [4.69, 9.17) is 0 Å². The number of unbranched alkanes of at least 4 members (excludes halogenated alkanes) is 8. The molecule has 0 rings (SSSR count). The van der Waals surface area contributed by atoms with Gasteiger partial charge in [0.2, 0.25) is 0 Å². The van der Waals surface area contributed by atoms with Gasteiger partial charge in [-0.1, -0.05) is 96.6 Å². The van der Waals surface area contributed by atoms with Crippen molar-refractivity contribution in [1.82, 2.24) is 0 Å². The molecule has 0 aromatic rings. The van der Waals surface area contributed by atoms with Crippen molar-refractivity contribution in [2.24, 2.45) is 5.41 Å². The van der Waals surface area contributed by atoms with Gasteiger partial charge in [-0.05, 0) is 31.1 Å². The summed E-state index contributed by atoms with van der Waals surface area (Å²) in [4.78, 5) is 11.8. The zero-order valence-electron chi connectivity index (χ0n) is 16.2. The van der Waals surface area contributed by atoms with E-state index in [1.165, 1.54) is 76.0 Å². The smallest absolute Gasteiger partial charge is 0.189 e. The van der Waals surface area contributed by atoms with Crippen molar-refractivity contribution < 1.29 is 4.79 Å². The topological polar surface area (TPSA) is 17.1 Å². The molecule has 136 valence electrons. The fourth-order valence-corrected chi connectivity index (χ4v) is 3.25. The van der Waals surface area contributed by atoms with Crippen molar-refractivity contribution in [2.75, 3.05) is 5.75 Å². The van der Waals surface area contributed by atoms with Crippen LogP contribution in [0.4, 0.5) is 0 Å². The Balaban J connectivity index is 3.32. The summed E-state index contributed by atoms with van der Waals surface area (Å²) in [7, 11) is 0. The van der Waals surface area contributed by atoms with Gasteiger partial charge in [0.05, 0.1) is 0 Å². The lowest BCUT2D eigenvalue weighted by Gasteiger charge is -2.17. The summed E-state index contributed by atoms with van der Waals surface area (Å²) in [6.45, 7) is 9.16. The van der Waals surface area contributed by atoms with Crippen LogP contribution in [0, 0.1) is 5.41 Å². The second-order valence-electron chi connectivity index (χ2n) is 7.83. The summed E-state index contributed by atoms with van der Waals surface area (Å²) in [5.41, 5.74) is 0.468. The van der Waals surface area contributed by atoms with Gasteiger partial charge in [0.1, 0.15) is 0 Å². The summed E-state index contributed by atoms with van der Waals surface area (Å²) in [5, 5.41) is 0.371. The van der Waals surface area contributed by atoms with Gasteiger partial charge >= 0.3 is 0 Å². The molecule has 0 saturated carbocycles. The molecular formula is C21H40OS. The summed E-state index contributed by atoms with van der Waals surface area (Å²) in [6, 6.07) is 0. The average Bonchev–Trinajstić information content (AvgIpc) is 2.48. The second kappa shape index (κ2) is 15.3. The molecule has 0 aromatic heterocycles. The van der Waals surface area contributed by atoms with Gasteiger partial charge in [0, 0.05) is 12.2 Å². The van der Waals surface area contributed by atoms with Gasteiger partial charge in [-0.25, -0.2) is 0 Å². The Kier molecular flexibility index (Phi) is 15.1. The fourth-order valence-electron chi connectivity index (χ4n) is 2.54. The number of thioether (sulfide) groups is 1. The van der Waals surface area contributed by atoms with Crippen molar-refractivity contribution in [3.05, 3.63) is 12.2 Å². The SMILES string of the molecule is CCCCCC/C=C/CSC(=O)CCCCCCCC(C)(C)C. The third-order valence-corrected chi connectivity index (χ3v) is 4.92. The van der Waals surface area contributed by atoms with Gasteiger partial charge < -0.3 is 0 Å². The van der Waals surface area contributed by atoms with E-state index in [1.807, 2.05) is 0 Å². The highest BCUT2D eigenvalue weighted by Crippen LogP contribution is 2.22. The lowest BCUT2D eigenvalue weighted by molar-refractivity contribution is -0.111. The fraction of sp³-hybridized carbons (Fsp3) is 0.857. The minimum Gasteiger partial charge on any atom is -0.287 e. The van der Waals surface area contributed by atoms with Crippen LogP contribution >= 0.6 is 11.8 Å². The van der Waals surface area contributed by atoms with Crippen LogP contribution in [-0.4, -0.2) is 10.9 Å². The maximum absolute atomic E-state index is 11.8. The highest BCUT2D eigenvalue weighted by Gasteiger charge is 2.08. The molecule has 0 amide bonds. The summed E-state index contributed by atoms with van der Waals surface area (Å²) in [6.07, 6.45) is 19.1. The minimum atomic E-state index is 0.371. The van der Waals surface area contributed by atoms with Crippen LogP contribution in [0.1, 0.15) is 105 Å². The molecule has 0 atom stereocenters. The van der Waals surface area contributed by atoms with Crippen LogP contribution in [-0.2, 0) is 4.79 Å². The molecule has 0 saturated heterocycles. The molecule has 0 aliphatic carbocycles.